The highest BCUT2D eigenvalue weighted by atomic mass is 32.1. The fourth-order valence-electron chi connectivity index (χ4n) is 2.49. The molecule has 3 aromatic rings. The second kappa shape index (κ2) is 8.84. The van der Waals surface area contributed by atoms with Gasteiger partial charge in [-0.2, -0.15) is 5.26 Å². The molecule has 28 heavy (non-hydrogen) atoms. The van der Waals surface area contributed by atoms with E-state index in [1.54, 1.807) is 25.3 Å². The van der Waals surface area contributed by atoms with Gasteiger partial charge >= 0.3 is 0 Å². The molecule has 140 valence electrons. The van der Waals surface area contributed by atoms with Crippen LogP contribution in [0, 0.1) is 11.3 Å². The molecule has 0 aliphatic carbocycles. The lowest BCUT2D eigenvalue weighted by Gasteiger charge is -2.08. The predicted octanol–water partition coefficient (Wildman–Crippen LogP) is 4.37. The Kier molecular flexibility index (Phi) is 6.04. The van der Waals surface area contributed by atoms with E-state index in [2.05, 4.69) is 10.3 Å². The molecule has 0 aliphatic heterocycles. The van der Waals surface area contributed by atoms with Crippen molar-refractivity contribution in [3.8, 4) is 28.8 Å². The number of aromatic nitrogens is 1. The molecule has 0 spiro atoms. The zero-order valence-electron chi connectivity index (χ0n) is 15.3. The molecule has 0 fully saturated rings. The summed E-state index contributed by atoms with van der Waals surface area (Å²) in [5.41, 5.74) is 2.22. The Morgan fingerprint density at radius 2 is 1.96 bits per heavy atom. The standard InChI is InChI=1S/C21H17N3O3S/c1-26-17-8-9-19(27-2)15(11-17)10-16(12-22)20(25)24-21-23-18(13-28-21)14-6-4-3-5-7-14/h3-11,13H,1-2H3,(H,23,24,25)/b16-10-. The fourth-order valence-corrected chi connectivity index (χ4v) is 3.21. The van der Waals surface area contributed by atoms with Crippen LogP contribution in [0.4, 0.5) is 5.13 Å². The topological polar surface area (TPSA) is 84.2 Å². The van der Waals surface area contributed by atoms with Crippen molar-refractivity contribution >= 4 is 28.5 Å². The number of carbonyl (C=O) groups is 1. The number of ether oxygens (including phenoxy) is 2. The first-order valence-corrected chi connectivity index (χ1v) is 9.18. The Morgan fingerprint density at radius 1 is 1.18 bits per heavy atom. The van der Waals surface area contributed by atoms with Gasteiger partial charge in [-0.1, -0.05) is 30.3 Å². The van der Waals surface area contributed by atoms with Crippen molar-refractivity contribution in [3.63, 3.8) is 0 Å². The zero-order valence-corrected chi connectivity index (χ0v) is 16.1. The number of amides is 1. The number of nitrogens with zero attached hydrogens (tertiary/aromatic N) is 2. The third kappa shape index (κ3) is 4.37. The molecule has 7 heteroatoms. The van der Waals surface area contributed by atoms with E-state index in [9.17, 15) is 10.1 Å². The Hall–Kier alpha value is -3.63. The summed E-state index contributed by atoms with van der Waals surface area (Å²) in [4.78, 5) is 17.0. The average Bonchev–Trinajstić information content (AvgIpc) is 3.20. The van der Waals surface area contributed by atoms with Crippen molar-refractivity contribution < 1.29 is 14.3 Å². The van der Waals surface area contributed by atoms with Crippen LogP contribution in [-0.4, -0.2) is 25.1 Å². The summed E-state index contributed by atoms with van der Waals surface area (Å²) in [6, 6.07) is 16.7. The third-order valence-corrected chi connectivity index (χ3v) is 4.65. The monoisotopic (exact) mass is 391 g/mol. The van der Waals surface area contributed by atoms with E-state index in [0.29, 0.717) is 22.2 Å². The molecule has 0 atom stereocenters. The van der Waals surface area contributed by atoms with E-state index < -0.39 is 5.91 Å². The average molecular weight is 391 g/mol. The van der Waals surface area contributed by atoms with Gasteiger partial charge in [-0.3, -0.25) is 10.1 Å². The van der Waals surface area contributed by atoms with Gasteiger partial charge in [0.05, 0.1) is 19.9 Å². The number of rotatable bonds is 6. The van der Waals surface area contributed by atoms with Crippen molar-refractivity contribution in [2.75, 3.05) is 19.5 Å². The summed E-state index contributed by atoms with van der Waals surface area (Å²) in [7, 11) is 3.06. The van der Waals surface area contributed by atoms with Gasteiger partial charge in [0.2, 0.25) is 0 Å². The lowest BCUT2D eigenvalue weighted by Crippen LogP contribution is -2.13. The van der Waals surface area contributed by atoms with E-state index in [1.165, 1.54) is 24.5 Å². The lowest BCUT2D eigenvalue weighted by atomic mass is 10.1. The number of nitrogens with one attached hydrogen (secondary N) is 1. The van der Waals surface area contributed by atoms with Crippen molar-refractivity contribution in [1.29, 1.82) is 5.26 Å². The van der Waals surface area contributed by atoms with E-state index in [0.717, 1.165) is 11.3 Å². The summed E-state index contributed by atoms with van der Waals surface area (Å²) >= 11 is 1.30. The second-order valence-corrected chi connectivity index (χ2v) is 6.49. The number of benzene rings is 2. The van der Waals surface area contributed by atoms with Gasteiger partial charge in [0.15, 0.2) is 5.13 Å². The summed E-state index contributed by atoms with van der Waals surface area (Å²) in [5.74, 6) is 0.584. The van der Waals surface area contributed by atoms with Crippen LogP contribution >= 0.6 is 11.3 Å². The third-order valence-electron chi connectivity index (χ3n) is 3.90. The summed E-state index contributed by atoms with van der Waals surface area (Å²) in [6.07, 6.45) is 1.46. The van der Waals surface area contributed by atoms with Crippen molar-refractivity contribution in [2.24, 2.45) is 0 Å². The Balaban J connectivity index is 1.82. The lowest BCUT2D eigenvalue weighted by molar-refractivity contribution is -0.112. The zero-order chi connectivity index (χ0) is 19.9. The molecule has 0 bridgehead atoms. The molecule has 1 heterocycles. The van der Waals surface area contributed by atoms with E-state index in [-0.39, 0.29) is 5.57 Å². The molecular formula is C21H17N3O3S. The quantitative estimate of drug-likeness (QED) is 0.498. The highest BCUT2D eigenvalue weighted by Gasteiger charge is 2.14. The van der Waals surface area contributed by atoms with Crippen LogP contribution < -0.4 is 14.8 Å². The first-order chi connectivity index (χ1) is 13.6. The molecule has 6 nitrogen and oxygen atoms in total. The van der Waals surface area contributed by atoms with Gasteiger partial charge < -0.3 is 9.47 Å². The Labute approximate surface area is 166 Å². The molecule has 2 aromatic carbocycles. The van der Waals surface area contributed by atoms with Gasteiger partial charge in [-0.05, 0) is 24.3 Å². The number of thiazole rings is 1. The molecule has 1 amide bonds. The summed E-state index contributed by atoms with van der Waals surface area (Å²) in [5, 5.41) is 14.4. The van der Waals surface area contributed by atoms with Gasteiger partial charge in [0.1, 0.15) is 23.1 Å². The normalized spacial score (nSPS) is 10.8. The number of carbonyl (C=O) groups excluding carboxylic acids is 1. The molecule has 1 N–H and O–H groups in total. The maximum atomic E-state index is 12.5. The predicted molar refractivity (Wildman–Crippen MR) is 109 cm³/mol. The first kappa shape index (κ1) is 19.1. The van der Waals surface area contributed by atoms with Crippen molar-refractivity contribution in [2.45, 2.75) is 0 Å². The first-order valence-electron chi connectivity index (χ1n) is 8.30. The van der Waals surface area contributed by atoms with Crippen molar-refractivity contribution in [3.05, 3.63) is 65.0 Å². The van der Waals surface area contributed by atoms with Gasteiger partial charge in [0.25, 0.3) is 5.91 Å². The smallest absolute Gasteiger partial charge is 0.268 e. The second-order valence-electron chi connectivity index (χ2n) is 5.64. The number of hydrogen-bond donors (Lipinski definition) is 1. The number of nitriles is 1. The van der Waals surface area contributed by atoms with E-state index in [4.69, 9.17) is 9.47 Å². The van der Waals surface area contributed by atoms with Gasteiger partial charge in [0, 0.05) is 16.5 Å². The van der Waals surface area contributed by atoms with Crippen LogP contribution in [0.2, 0.25) is 0 Å². The number of anilines is 1. The number of methoxy groups -OCH3 is 2. The highest BCUT2D eigenvalue weighted by molar-refractivity contribution is 7.14. The van der Waals surface area contributed by atoms with Crippen LogP contribution in [0.3, 0.4) is 0 Å². The molecule has 3 rings (SSSR count). The summed E-state index contributed by atoms with van der Waals surface area (Å²) in [6.45, 7) is 0. The van der Waals surface area contributed by atoms with Crippen LogP contribution in [0.15, 0.2) is 59.5 Å². The SMILES string of the molecule is COc1ccc(OC)c(/C=C(/C#N)C(=O)Nc2nc(-c3ccccc3)cs2)c1. The minimum atomic E-state index is -0.540. The molecule has 1 aromatic heterocycles. The minimum absolute atomic E-state index is 0.0667. The van der Waals surface area contributed by atoms with E-state index >= 15 is 0 Å². The van der Waals surface area contributed by atoms with Gasteiger partial charge in [-0.25, -0.2) is 4.98 Å². The number of hydrogen-bond acceptors (Lipinski definition) is 6. The molecule has 0 aliphatic rings. The van der Waals surface area contributed by atoms with Crippen LogP contribution in [0.1, 0.15) is 5.56 Å². The maximum Gasteiger partial charge on any atom is 0.268 e. The Bertz CT molecular complexity index is 1050. The molecule has 0 saturated heterocycles. The Morgan fingerprint density at radius 3 is 2.64 bits per heavy atom. The highest BCUT2D eigenvalue weighted by Crippen LogP contribution is 2.27. The molecular weight excluding hydrogens is 374 g/mol. The molecule has 0 saturated carbocycles. The molecule has 0 unspecified atom stereocenters. The fraction of sp³-hybridized carbons (Fsp3) is 0.0952. The van der Waals surface area contributed by atoms with Crippen LogP contribution in [0.25, 0.3) is 17.3 Å². The van der Waals surface area contributed by atoms with Gasteiger partial charge in [-0.15, -0.1) is 11.3 Å². The van der Waals surface area contributed by atoms with Crippen molar-refractivity contribution in [1.82, 2.24) is 4.98 Å². The largest absolute Gasteiger partial charge is 0.497 e. The van der Waals surface area contributed by atoms with Crippen LogP contribution in [0.5, 0.6) is 11.5 Å². The van der Waals surface area contributed by atoms with E-state index in [1.807, 2.05) is 41.8 Å². The summed E-state index contributed by atoms with van der Waals surface area (Å²) < 4.78 is 10.5. The maximum absolute atomic E-state index is 12.5. The molecule has 0 radical (unpaired) electrons. The van der Waals surface area contributed by atoms with Crippen LogP contribution in [-0.2, 0) is 4.79 Å². The minimum Gasteiger partial charge on any atom is -0.497 e.